The Balaban J connectivity index is 2.90. The summed E-state index contributed by atoms with van der Waals surface area (Å²) in [5.41, 5.74) is 2.24. The van der Waals surface area contributed by atoms with Gasteiger partial charge in [0, 0.05) is 6.42 Å². The molecule has 0 spiro atoms. The van der Waals surface area contributed by atoms with Gasteiger partial charge in [-0.15, -0.1) is 0 Å². The van der Waals surface area contributed by atoms with Crippen LogP contribution in [0.4, 0.5) is 5.95 Å². The molecule has 1 rings (SSSR count). The predicted octanol–water partition coefficient (Wildman–Crippen LogP) is -0.655. The molecule has 66 valence electrons. The fraction of sp³-hybridized carbons (Fsp3) is 0.400. The highest BCUT2D eigenvalue weighted by atomic mass is 35.5. The maximum absolute atomic E-state index is 8.58. The van der Waals surface area contributed by atoms with Crippen LogP contribution in [0, 0.1) is 0 Å². The maximum atomic E-state index is 8.58. The van der Waals surface area contributed by atoms with E-state index in [1.165, 1.54) is 0 Å². The number of hydrogen-bond acceptors (Lipinski definition) is 6. The van der Waals surface area contributed by atoms with Crippen LogP contribution in [0.15, 0.2) is 0 Å². The first kappa shape index (κ1) is 9.11. The third-order valence-electron chi connectivity index (χ3n) is 1.12. The molecule has 1 aromatic rings. The molecule has 6 nitrogen and oxygen atoms in total. The molecular weight excluding hydrogens is 182 g/mol. The topological polar surface area (TPSA) is 97.0 Å². The van der Waals surface area contributed by atoms with Crippen LogP contribution in [0.1, 0.15) is 5.82 Å². The van der Waals surface area contributed by atoms with Crippen LogP contribution in [-0.2, 0) is 6.42 Å². The largest absolute Gasteiger partial charge is 0.396 e. The molecule has 0 aliphatic rings. The summed E-state index contributed by atoms with van der Waals surface area (Å²) >= 11 is 5.53. The summed E-state index contributed by atoms with van der Waals surface area (Å²) in [4.78, 5) is 11.3. The summed E-state index contributed by atoms with van der Waals surface area (Å²) in [6.07, 6.45) is 0.330. The van der Waals surface area contributed by atoms with Gasteiger partial charge in [-0.2, -0.15) is 9.97 Å². The lowest BCUT2D eigenvalue weighted by Gasteiger charge is -2.00. The Bertz CT molecular complexity index is 268. The van der Waals surface area contributed by atoms with Gasteiger partial charge in [-0.25, -0.2) is 10.8 Å². The minimum atomic E-state index is -0.0373. The molecule has 0 aromatic carbocycles. The van der Waals surface area contributed by atoms with Crippen molar-refractivity contribution in [2.24, 2.45) is 5.84 Å². The van der Waals surface area contributed by atoms with Crippen molar-refractivity contribution < 1.29 is 5.11 Å². The second-order valence-corrected chi connectivity index (χ2v) is 2.30. The fourth-order valence-corrected chi connectivity index (χ4v) is 0.845. The maximum Gasteiger partial charge on any atom is 0.241 e. The SMILES string of the molecule is NNc1nc(Cl)nc(CCO)n1. The third-order valence-corrected chi connectivity index (χ3v) is 1.29. The normalized spacial score (nSPS) is 9.92. The zero-order valence-electron chi connectivity index (χ0n) is 6.16. The highest BCUT2D eigenvalue weighted by Crippen LogP contribution is 2.04. The van der Waals surface area contributed by atoms with Gasteiger partial charge in [-0.05, 0) is 11.6 Å². The third kappa shape index (κ3) is 2.26. The predicted molar refractivity (Wildman–Crippen MR) is 43.4 cm³/mol. The number of nitrogens with one attached hydrogen (secondary N) is 1. The van der Waals surface area contributed by atoms with E-state index in [-0.39, 0.29) is 17.8 Å². The number of rotatable bonds is 3. The minimum Gasteiger partial charge on any atom is -0.396 e. The molecule has 1 heterocycles. The van der Waals surface area contributed by atoms with E-state index in [1.807, 2.05) is 0 Å². The Morgan fingerprint density at radius 3 is 2.75 bits per heavy atom. The van der Waals surface area contributed by atoms with Crippen LogP contribution in [0.5, 0.6) is 0 Å². The molecule has 0 saturated heterocycles. The first-order valence-electron chi connectivity index (χ1n) is 3.24. The Kier molecular flexibility index (Phi) is 3.15. The molecule has 0 aliphatic heterocycles. The number of aliphatic hydroxyl groups excluding tert-OH is 1. The van der Waals surface area contributed by atoms with Crippen LogP contribution in [-0.4, -0.2) is 26.7 Å². The first-order chi connectivity index (χ1) is 5.76. The average Bonchev–Trinajstić information content (AvgIpc) is 2.04. The molecule has 0 radical (unpaired) electrons. The van der Waals surface area contributed by atoms with Gasteiger partial charge in [0.05, 0.1) is 6.61 Å². The summed E-state index contributed by atoms with van der Waals surface area (Å²) in [7, 11) is 0. The molecule has 0 amide bonds. The zero-order chi connectivity index (χ0) is 8.97. The van der Waals surface area contributed by atoms with E-state index in [0.717, 1.165) is 0 Å². The molecule has 0 saturated carbocycles. The number of aromatic nitrogens is 3. The summed E-state index contributed by atoms with van der Waals surface area (Å²) in [6, 6.07) is 0. The van der Waals surface area contributed by atoms with E-state index in [1.54, 1.807) is 0 Å². The lowest BCUT2D eigenvalue weighted by atomic mass is 10.4. The Morgan fingerprint density at radius 1 is 1.42 bits per heavy atom. The van der Waals surface area contributed by atoms with E-state index in [2.05, 4.69) is 20.4 Å². The number of nitrogens with zero attached hydrogens (tertiary/aromatic N) is 3. The van der Waals surface area contributed by atoms with Gasteiger partial charge in [-0.1, -0.05) is 0 Å². The summed E-state index contributed by atoms with van der Waals surface area (Å²) < 4.78 is 0. The van der Waals surface area contributed by atoms with Crippen LogP contribution in [0.25, 0.3) is 0 Å². The highest BCUT2D eigenvalue weighted by Gasteiger charge is 2.02. The lowest BCUT2D eigenvalue weighted by molar-refractivity contribution is 0.296. The second-order valence-electron chi connectivity index (χ2n) is 1.96. The van der Waals surface area contributed by atoms with Crippen molar-refractivity contribution in [2.45, 2.75) is 6.42 Å². The van der Waals surface area contributed by atoms with Crippen LogP contribution >= 0.6 is 11.6 Å². The highest BCUT2D eigenvalue weighted by molar-refractivity contribution is 6.28. The van der Waals surface area contributed by atoms with Gasteiger partial charge in [0.15, 0.2) is 0 Å². The first-order valence-corrected chi connectivity index (χ1v) is 3.62. The van der Waals surface area contributed by atoms with Gasteiger partial charge in [0.2, 0.25) is 11.2 Å². The molecule has 7 heteroatoms. The zero-order valence-corrected chi connectivity index (χ0v) is 6.91. The van der Waals surface area contributed by atoms with E-state index < -0.39 is 0 Å². The number of aliphatic hydroxyl groups is 1. The fourth-order valence-electron chi connectivity index (χ4n) is 0.667. The molecule has 1 aromatic heterocycles. The van der Waals surface area contributed by atoms with Gasteiger partial charge in [0.25, 0.3) is 0 Å². The monoisotopic (exact) mass is 189 g/mol. The van der Waals surface area contributed by atoms with Crippen molar-refractivity contribution in [3.63, 3.8) is 0 Å². The van der Waals surface area contributed by atoms with Crippen molar-refractivity contribution in [2.75, 3.05) is 12.0 Å². The number of nitrogen functional groups attached to an aromatic ring is 1. The molecule has 4 N–H and O–H groups in total. The standard InChI is InChI=1S/C5H8ClN5O/c6-4-8-3(1-2-12)9-5(10-4)11-7/h12H,1-2,7H2,(H,8,9,10,11). The molecular formula is C5H8ClN5O. The molecule has 0 unspecified atom stereocenters. The minimum absolute atomic E-state index is 0.0373. The molecule has 0 fully saturated rings. The number of anilines is 1. The molecule has 0 atom stereocenters. The number of hydrogen-bond donors (Lipinski definition) is 3. The smallest absolute Gasteiger partial charge is 0.241 e. The molecule has 12 heavy (non-hydrogen) atoms. The van der Waals surface area contributed by atoms with Crippen molar-refractivity contribution in [3.05, 3.63) is 11.1 Å². The van der Waals surface area contributed by atoms with Crippen LogP contribution < -0.4 is 11.3 Å². The van der Waals surface area contributed by atoms with Crippen LogP contribution in [0.3, 0.4) is 0 Å². The Labute approximate surface area is 73.8 Å². The van der Waals surface area contributed by atoms with Gasteiger partial charge < -0.3 is 5.11 Å². The van der Waals surface area contributed by atoms with Crippen molar-refractivity contribution in [3.8, 4) is 0 Å². The second kappa shape index (κ2) is 4.15. The van der Waals surface area contributed by atoms with E-state index >= 15 is 0 Å². The van der Waals surface area contributed by atoms with E-state index in [9.17, 15) is 0 Å². The summed E-state index contributed by atoms with van der Waals surface area (Å²) in [5.74, 6) is 5.66. The number of nitrogens with two attached hydrogens (primary N) is 1. The van der Waals surface area contributed by atoms with Gasteiger partial charge in [-0.3, -0.25) is 5.43 Å². The van der Waals surface area contributed by atoms with E-state index in [0.29, 0.717) is 12.2 Å². The molecule has 0 aliphatic carbocycles. The van der Waals surface area contributed by atoms with Gasteiger partial charge >= 0.3 is 0 Å². The Morgan fingerprint density at radius 2 is 2.17 bits per heavy atom. The Hall–Kier alpha value is -0.980. The number of halogens is 1. The number of hydrazine groups is 1. The van der Waals surface area contributed by atoms with E-state index in [4.69, 9.17) is 22.6 Å². The van der Waals surface area contributed by atoms with Crippen LogP contribution in [0.2, 0.25) is 5.28 Å². The quantitative estimate of drug-likeness (QED) is 0.432. The average molecular weight is 190 g/mol. The van der Waals surface area contributed by atoms with Gasteiger partial charge in [0.1, 0.15) is 5.82 Å². The summed E-state index contributed by atoms with van der Waals surface area (Å²) in [5, 5.41) is 8.64. The lowest BCUT2D eigenvalue weighted by Crippen LogP contribution is -2.13. The summed E-state index contributed by atoms with van der Waals surface area (Å²) in [6.45, 7) is -0.0373. The van der Waals surface area contributed by atoms with Crippen molar-refractivity contribution in [1.29, 1.82) is 0 Å². The van der Waals surface area contributed by atoms with Crippen molar-refractivity contribution >= 4 is 17.5 Å². The molecule has 0 bridgehead atoms. The van der Waals surface area contributed by atoms with Crippen molar-refractivity contribution in [1.82, 2.24) is 15.0 Å².